The first-order valence-electron chi connectivity index (χ1n) is 8.86. The fraction of sp³-hybridized carbons (Fsp3) is 0.789. The lowest BCUT2D eigenvalue weighted by atomic mass is 9.65. The molecule has 0 saturated heterocycles. The van der Waals surface area contributed by atoms with Gasteiger partial charge >= 0.3 is 0 Å². The van der Waals surface area contributed by atoms with Gasteiger partial charge in [-0.3, -0.25) is 0 Å². The van der Waals surface area contributed by atoms with E-state index in [9.17, 15) is 15.3 Å². The van der Waals surface area contributed by atoms with E-state index in [1.807, 2.05) is 6.92 Å². The zero-order valence-electron chi connectivity index (χ0n) is 14.2. The van der Waals surface area contributed by atoms with Crippen LogP contribution in [0.1, 0.15) is 52.9 Å². The van der Waals surface area contributed by atoms with Gasteiger partial charge in [-0.15, -0.1) is 0 Å². The average Bonchev–Trinajstić information content (AvgIpc) is 2.46. The van der Waals surface area contributed by atoms with E-state index in [2.05, 4.69) is 32.1 Å². The Morgan fingerprint density at radius 2 is 1.95 bits per heavy atom. The van der Waals surface area contributed by atoms with Gasteiger partial charge in [0.15, 0.2) is 0 Å². The zero-order chi connectivity index (χ0) is 16.3. The minimum Gasteiger partial charge on any atom is -0.393 e. The molecule has 3 heteroatoms. The van der Waals surface area contributed by atoms with Gasteiger partial charge in [0.1, 0.15) is 0 Å². The highest BCUT2D eigenvalue weighted by atomic mass is 16.3. The van der Waals surface area contributed by atoms with Crippen LogP contribution in [0, 0.1) is 23.7 Å². The lowest BCUT2D eigenvalue weighted by Crippen LogP contribution is -2.38. The van der Waals surface area contributed by atoms with E-state index in [0.717, 1.165) is 12.8 Å². The van der Waals surface area contributed by atoms with Crippen LogP contribution in [0.5, 0.6) is 0 Å². The summed E-state index contributed by atoms with van der Waals surface area (Å²) in [6.07, 6.45) is 9.18. The van der Waals surface area contributed by atoms with Crippen LogP contribution in [-0.2, 0) is 0 Å². The highest BCUT2D eigenvalue weighted by Crippen LogP contribution is 2.43. The predicted molar refractivity (Wildman–Crippen MR) is 89.3 cm³/mol. The maximum Gasteiger partial charge on any atom is 0.0617 e. The van der Waals surface area contributed by atoms with Crippen LogP contribution >= 0.6 is 0 Å². The molecule has 0 bridgehead atoms. The average molecular weight is 308 g/mol. The Labute approximate surface area is 134 Å². The van der Waals surface area contributed by atoms with Gasteiger partial charge in [0.25, 0.3) is 0 Å². The van der Waals surface area contributed by atoms with Crippen molar-refractivity contribution in [2.24, 2.45) is 23.7 Å². The lowest BCUT2D eigenvalue weighted by Gasteiger charge is -2.41. The molecule has 0 heterocycles. The Balaban J connectivity index is 2.00. The summed E-state index contributed by atoms with van der Waals surface area (Å²) in [5.74, 6) is 1.45. The molecule has 3 N–H and O–H groups in total. The normalized spacial score (nSPS) is 37.4. The molecule has 7 atom stereocenters. The van der Waals surface area contributed by atoms with Gasteiger partial charge in [0.05, 0.1) is 18.3 Å². The first kappa shape index (κ1) is 17.7. The second-order valence-electron chi connectivity index (χ2n) is 7.38. The molecule has 2 rings (SSSR count). The Morgan fingerprint density at radius 3 is 2.64 bits per heavy atom. The van der Waals surface area contributed by atoms with Crippen molar-refractivity contribution in [1.29, 1.82) is 0 Å². The molecular weight excluding hydrogens is 276 g/mol. The van der Waals surface area contributed by atoms with Gasteiger partial charge in [-0.2, -0.15) is 0 Å². The third kappa shape index (κ3) is 4.21. The molecule has 0 saturated carbocycles. The van der Waals surface area contributed by atoms with Crippen molar-refractivity contribution in [3.05, 3.63) is 23.8 Å². The maximum atomic E-state index is 10.5. The molecular formula is C19H32O3. The monoisotopic (exact) mass is 308 g/mol. The van der Waals surface area contributed by atoms with E-state index in [4.69, 9.17) is 0 Å². The van der Waals surface area contributed by atoms with Crippen LogP contribution in [0.25, 0.3) is 0 Å². The van der Waals surface area contributed by atoms with Gasteiger partial charge in [-0.1, -0.05) is 39.0 Å². The van der Waals surface area contributed by atoms with Crippen molar-refractivity contribution < 1.29 is 15.3 Å². The van der Waals surface area contributed by atoms with Crippen molar-refractivity contribution in [3.8, 4) is 0 Å². The molecule has 0 aromatic carbocycles. The van der Waals surface area contributed by atoms with Crippen molar-refractivity contribution >= 4 is 0 Å². The Morgan fingerprint density at radius 1 is 1.23 bits per heavy atom. The number of rotatable bonds is 6. The second kappa shape index (κ2) is 7.76. The molecule has 0 aromatic heterocycles. The van der Waals surface area contributed by atoms with E-state index >= 15 is 0 Å². The molecule has 0 radical (unpaired) electrons. The van der Waals surface area contributed by atoms with Crippen LogP contribution in [0.4, 0.5) is 0 Å². The zero-order valence-corrected chi connectivity index (χ0v) is 14.2. The van der Waals surface area contributed by atoms with Gasteiger partial charge in [0, 0.05) is 5.92 Å². The van der Waals surface area contributed by atoms with Crippen molar-refractivity contribution in [1.82, 2.24) is 0 Å². The molecule has 0 spiro atoms. The summed E-state index contributed by atoms with van der Waals surface area (Å²) in [6, 6.07) is 0. The quantitative estimate of drug-likeness (QED) is 0.707. The SMILES string of the molecule is CC[C@H](O)C[C@H](O)CC[C@@H]1[C@@H]2C(=C[C@H](C)C[C@@H]2O)C=C[C@@H]1C. The molecule has 0 fully saturated rings. The number of allylic oxidation sites excluding steroid dienone is 3. The fourth-order valence-electron chi connectivity index (χ4n) is 4.12. The van der Waals surface area contributed by atoms with Gasteiger partial charge < -0.3 is 15.3 Å². The Kier molecular flexibility index (Phi) is 6.25. The number of hydrogen-bond donors (Lipinski definition) is 3. The molecule has 0 amide bonds. The molecule has 126 valence electrons. The van der Waals surface area contributed by atoms with Gasteiger partial charge in [-0.25, -0.2) is 0 Å². The first-order valence-corrected chi connectivity index (χ1v) is 8.86. The summed E-state index contributed by atoms with van der Waals surface area (Å²) in [5.41, 5.74) is 1.28. The predicted octanol–water partition coefficient (Wildman–Crippen LogP) is 3.05. The molecule has 2 aliphatic carbocycles. The molecule has 0 aliphatic heterocycles. The summed E-state index contributed by atoms with van der Waals surface area (Å²) in [4.78, 5) is 0. The van der Waals surface area contributed by atoms with Crippen LogP contribution in [0.2, 0.25) is 0 Å². The highest BCUT2D eigenvalue weighted by molar-refractivity contribution is 5.31. The smallest absolute Gasteiger partial charge is 0.0617 e. The molecule has 0 aromatic rings. The molecule has 0 unspecified atom stereocenters. The van der Waals surface area contributed by atoms with Crippen molar-refractivity contribution in [2.75, 3.05) is 0 Å². The molecule has 2 aliphatic rings. The minimum absolute atomic E-state index is 0.208. The summed E-state index contributed by atoms with van der Waals surface area (Å²) in [5, 5.41) is 30.3. The van der Waals surface area contributed by atoms with Crippen LogP contribution < -0.4 is 0 Å². The summed E-state index contributed by atoms with van der Waals surface area (Å²) in [7, 11) is 0. The van der Waals surface area contributed by atoms with Crippen molar-refractivity contribution in [3.63, 3.8) is 0 Å². The summed E-state index contributed by atoms with van der Waals surface area (Å²) >= 11 is 0. The van der Waals surface area contributed by atoms with Crippen LogP contribution in [-0.4, -0.2) is 33.6 Å². The van der Waals surface area contributed by atoms with Crippen LogP contribution in [0.15, 0.2) is 23.8 Å². The topological polar surface area (TPSA) is 60.7 Å². The van der Waals surface area contributed by atoms with Crippen molar-refractivity contribution in [2.45, 2.75) is 71.2 Å². The fourth-order valence-corrected chi connectivity index (χ4v) is 4.12. The summed E-state index contributed by atoms with van der Waals surface area (Å²) < 4.78 is 0. The highest BCUT2D eigenvalue weighted by Gasteiger charge is 2.38. The third-order valence-corrected chi connectivity index (χ3v) is 5.47. The lowest BCUT2D eigenvalue weighted by molar-refractivity contribution is 0.0373. The first-order chi connectivity index (χ1) is 10.4. The molecule has 22 heavy (non-hydrogen) atoms. The van der Waals surface area contributed by atoms with Crippen LogP contribution in [0.3, 0.4) is 0 Å². The number of fused-ring (bicyclic) bond motifs is 1. The second-order valence-corrected chi connectivity index (χ2v) is 7.38. The van der Waals surface area contributed by atoms with E-state index in [1.165, 1.54) is 5.57 Å². The van der Waals surface area contributed by atoms with E-state index in [-0.39, 0.29) is 12.0 Å². The Hall–Kier alpha value is -0.640. The third-order valence-electron chi connectivity index (χ3n) is 5.47. The largest absolute Gasteiger partial charge is 0.393 e. The summed E-state index contributed by atoms with van der Waals surface area (Å²) in [6.45, 7) is 6.29. The number of aliphatic hydroxyl groups is 3. The molecule has 3 nitrogen and oxygen atoms in total. The number of hydrogen-bond acceptors (Lipinski definition) is 3. The van der Waals surface area contributed by atoms with E-state index < -0.39 is 12.2 Å². The number of aliphatic hydroxyl groups excluding tert-OH is 3. The van der Waals surface area contributed by atoms with Gasteiger partial charge in [0.2, 0.25) is 0 Å². The van der Waals surface area contributed by atoms with E-state index in [0.29, 0.717) is 37.0 Å². The minimum atomic E-state index is -0.444. The Bertz CT molecular complexity index is 415. The van der Waals surface area contributed by atoms with E-state index in [1.54, 1.807) is 0 Å². The standard InChI is InChI=1S/C19H32O3/c1-4-15(20)11-16(21)7-8-17-13(3)5-6-14-9-12(2)10-18(22)19(14)17/h5-6,9,12-13,15-22H,4,7-8,10-11H2,1-3H3/t12-,13-,15-,16+,17-,18-,19-/m0/s1. The maximum absolute atomic E-state index is 10.5. The van der Waals surface area contributed by atoms with Gasteiger partial charge in [-0.05, 0) is 55.4 Å².